The first-order valence-electron chi connectivity index (χ1n) is 17.1. The molecular weight excluding hydrogens is 636 g/mol. The molecular formula is C40H53ClN4O4. The molecule has 1 N–H and O–H groups in total. The Morgan fingerprint density at radius 2 is 1.59 bits per heavy atom. The van der Waals surface area contributed by atoms with E-state index in [4.69, 9.17) is 21.1 Å². The molecule has 1 saturated carbocycles. The van der Waals surface area contributed by atoms with Crippen LogP contribution in [0.2, 0.25) is 5.02 Å². The average Bonchev–Trinajstić information content (AvgIpc) is 3.11. The molecule has 49 heavy (non-hydrogen) atoms. The van der Waals surface area contributed by atoms with Gasteiger partial charge < -0.3 is 29.5 Å². The number of rotatable bonds is 7. The number of amides is 2. The lowest BCUT2D eigenvalue weighted by atomic mass is 9.89. The molecule has 6 rings (SSSR count). The molecule has 3 aromatic carbocycles. The van der Waals surface area contributed by atoms with E-state index >= 15 is 0 Å². The van der Waals surface area contributed by atoms with Crippen LogP contribution in [0.1, 0.15) is 57.1 Å². The van der Waals surface area contributed by atoms with Crippen molar-refractivity contribution >= 4 is 34.8 Å². The predicted molar refractivity (Wildman–Crippen MR) is 202 cm³/mol. The van der Waals surface area contributed by atoms with Crippen LogP contribution in [-0.2, 0) is 22.6 Å². The number of benzene rings is 3. The van der Waals surface area contributed by atoms with E-state index in [0.717, 1.165) is 53.1 Å². The third kappa shape index (κ3) is 12.3. The zero-order chi connectivity index (χ0) is 35.8. The lowest BCUT2D eigenvalue weighted by molar-refractivity contribution is -0.130. The van der Waals surface area contributed by atoms with Crippen LogP contribution in [0.5, 0.6) is 11.5 Å². The van der Waals surface area contributed by atoms with Gasteiger partial charge >= 0.3 is 0 Å². The molecule has 0 radical (unpaired) electrons. The van der Waals surface area contributed by atoms with Gasteiger partial charge in [0.25, 0.3) is 0 Å². The standard InChI is InChI=1S/C27H36N2O3.C6H5Cl.C5H10N2O.C2H2/c1-19(2)32-26-15-22-18-29(27(30)16-21(22)14-25(26)31-4)24-12-10-23(11-13-24)28(3)17-20-8-6-5-7-9-20;7-6-4-2-1-3-5-6;1-7-3-2-6-4-5(7)8;1-2/h10-15,19-20H,5-9,16-18H2,1-4H3;1-5H;6H,2-4H2,1H3;1-2H. The Hall–Kier alpha value is -4.19. The van der Waals surface area contributed by atoms with Crippen molar-refractivity contribution in [3.8, 4) is 24.3 Å². The van der Waals surface area contributed by atoms with E-state index in [-0.39, 0.29) is 17.9 Å². The van der Waals surface area contributed by atoms with E-state index < -0.39 is 0 Å². The Labute approximate surface area is 298 Å². The normalized spacial score (nSPS) is 15.8. The zero-order valence-corrected chi connectivity index (χ0v) is 30.5. The van der Waals surface area contributed by atoms with Gasteiger partial charge in [-0.25, -0.2) is 0 Å². The molecule has 9 heteroatoms. The molecule has 2 amide bonds. The number of piperazine rings is 1. The summed E-state index contributed by atoms with van der Waals surface area (Å²) in [6, 6.07) is 21.9. The number of nitrogens with zero attached hydrogens (tertiary/aromatic N) is 3. The lowest BCUT2D eigenvalue weighted by Gasteiger charge is -2.31. The number of methoxy groups -OCH3 is 1. The molecule has 0 aromatic heterocycles. The summed E-state index contributed by atoms with van der Waals surface area (Å²) >= 11 is 5.54. The Morgan fingerprint density at radius 3 is 2.12 bits per heavy atom. The summed E-state index contributed by atoms with van der Waals surface area (Å²) in [6.45, 7) is 7.94. The second kappa shape index (κ2) is 20.4. The number of hydrogen-bond donors (Lipinski definition) is 1. The van der Waals surface area contributed by atoms with Gasteiger partial charge in [0.1, 0.15) is 0 Å². The van der Waals surface area contributed by atoms with Gasteiger partial charge in [-0.3, -0.25) is 9.59 Å². The van der Waals surface area contributed by atoms with Crippen LogP contribution in [0, 0.1) is 18.8 Å². The van der Waals surface area contributed by atoms with Gasteiger partial charge in [-0.2, -0.15) is 0 Å². The van der Waals surface area contributed by atoms with Gasteiger partial charge in [-0.15, -0.1) is 12.8 Å². The second-order valence-corrected chi connectivity index (χ2v) is 13.2. The maximum absolute atomic E-state index is 12.9. The van der Waals surface area contributed by atoms with Crippen LogP contribution >= 0.6 is 11.6 Å². The van der Waals surface area contributed by atoms with E-state index in [2.05, 4.69) is 54.4 Å². The maximum atomic E-state index is 12.9. The van der Waals surface area contributed by atoms with Crippen LogP contribution in [-0.4, -0.2) is 70.2 Å². The predicted octanol–water partition coefficient (Wildman–Crippen LogP) is 7.23. The SMILES string of the molecule is C#C.CN1CCNCC1=O.COc1cc2c(cc1OC(C)C)CN(c1ccc(N(C)CC3CCCCC3)cc1)C(=O)C2.Clc1ccccc1. The monoisotopic (exact) mass is 688 g/mol. The van der Waals surface area contributed by atoms with Crippen molar-refractivity contribution in [3.63, 3.8) is 0 Å². The zero-order valence-electron chi connectivity index (χ0n) is 29.8. The Balaban J connectivity index is 0.000000311. The van der Waals surface area contributed by atoms with Crippen LogP contribution in [0.4, 0.5) is 11.4 Å². The number of anilines is 2. The van der Waals surface area contributed by atoms with E-state index in [1.54, 1.807) is 12.0 Å². The van der Waals surface area contributed by atoms with Crippen molar-refractivity contribution in [2.24, 2.45) is 5.92 Å². The van der Waals surface area contributed by atoms with Gasteiger partial charge in [0, 0.05) is 50.1 Å². The minimum atomic E-state index is 0.0569. The fourth-order valence-electron chi connectivity index (χ4n) is 6.08. The van der Waals surface area contributed by atoms with Gasteiger partial charge in [0.05, 0.1) is 32.7 Å². The van der Waals surface area contributed by atoms with Crippen LogP contribution in [0.25, 0.3) is 0 Å². The molecule has 8 nitrogen and oxygen atoms in total. The van der Waals surface area contributed by atoms with E-state index in [1.807, 2.05) is 68.3 Å². The highest BCUT2D eigenvalue weighted by molar-refractivity contribution is 6.30. The molecule has 0 spiro atoms. The summed E-state index contributed by atoms with van der Waals surface area (Å²) in [6.07, 6.45) is 15.2. The number of ether oxygens (including phenoxy) is 2. The van der Waals surface area contributed by atoms with Gasteiger partial charge in [-0.05, 0) is 92.3 Å². The quantitative estimate of drug-likeness (QED) is 0.264. The lowest BCUT2D eigenvalue weighted by Crippen LogP contribution is -2.45. The molecule has 2 fully saturated rings. The number of halogens is 1. The van der Waals surface area contributed by atoms with Gasteiger partial charge in [-0.1, -0.05) is 49.1 Å². The highest BCUT2D eigenvalue weighted by Gasteiger charge is 2.27. The molecule has 0 atom stereocenters. The number of hydrogen-bond acceptors (Lipinski definition) is 6. The first-order chi connectivity index (χ1) is 23.6. The molecule has 1 aliphatic carbocycles. The number of likely N-dealkylation sites (N-methyl/N-ethyl adjacent to an activating group) is 1. The molecule has 3 aliphatic rings. The summed E-state index contributed by atoms with van der Waals surface area (Å²) < 4.78 is 11.4. The molecule has 2 heterocycles. The van der Waals surface area contributed by atoms with Crippen molar-refractivity contribution in [2.75, 3.05) is 57.2 Å². The second-order valence-electron chi connectivity index (χ2n) is 12.8. The van der Waals surface area contributed by atoms with Crippen molar-refractivity contribution < 1.29 is 19.1 Å². The number of terminal acetylenes is 1. The van der Waals surface area contributed by atoms with Crippen molar-refractivity contribution in [1.82, 2.24) is 10.2 Å². The summed E-state index contributed by atoms with van der Waals surface area (Å²) in [5.41, 5.74) is 4.28. The Bertz CT molecular complexity index is 1470. The number of nitrogens with one attached hydrogen (secondary N) is 1. The van der Waals surface area contributed by atoms with Gasteiger partial charge in [0.15, 0.2) is 11.5 Å². The molecule has 0 unspecified atom stereocenters. The minimum absolute atomic E-state index is 0.0569. The largest absolute Gasteiger partial charge is 0.493 e. The van der Waals surface area contributed by atoms with Crippen molar-refractivity contribution in [2.45, 2.75) is 65.0 Å². The molecule has 0 bridgehead atoms. The smallest absolute Gasteiger partial charge is 0.236 e. The number of fused-ring (bicyclic) bond motifs is 1. The summed E-state index contributed by atoms with van der Waals surface area (Å²) in [4.78, 5) is 29.6. The summed E-state index contributed by atoms with van der Waals surface area (Å²) in [5, 5.41) is 3.77. The molecule has 1 saturated heterocycles. The first-order valence-corrected chi connectivity index (χ1v) is 17.5. The van der Waals surface area contributed by atoms with Crippen LogP contribution < -0.4 is 24.6 Å². The van der Waals surface area contributed by atoms with Crippen molar-refractivity contribution in [3.05, 3.63) is 82.9 Å². The molecule has 2 aliphatic heterocycles. The fourth-order valence-corrected chi connectivity index (χ4v) is 6.22. The maximum Gasteiger partial charge on any atom is 0.236 e. The highest BCUT2D eigenvalue weighted by Crippen LogP contribution is 2.36. The Morgan fingerprint density at radius 1 is 0.939 bits per heavy atom. The van der Waals surface area contributed by atoms with Crippen LogP contribution in [0.15, 0.2) is 66.7 Å². The van der Waals surface area contributed by atoms with E-state index in [0.29, 0.717) is 25.3 Å². The third-order valence-electron chi connectivity index (χ3n) is 8.74. The van der Waals surface area contributed by atoms with Crippen LogP contribution in [0.3, 0.4) is 0 Å². The number of carbonyl (C=O) groups is 2. The topological polar surface area (TPSA) is 74.4 Å². The summed E-state index contributed by atoms with van der Waals surface area (Å²) in [7, 11) is 5.64. The van der Waals surface area contributed by atoms with Crippen molar-refractivity contribution in [1.29, 1.82) is 0 Å². The fraction of sp³-hybridized carbons (Fsp3) is 0.450. The summed E-state index contributed by atoms with van der Waals surface area (Å²) in [5.74, 6) is 2.52. The number of carbonyl (C=O) groups excluding carboxylic acids is 2. The minimum Gasteiger partial charge on any atom is -0.493 e. The van der Waals surface area contributed by atoms with E-state index in [1.165, 1.54) is 37.8 Å². The van der Waals surface area contributed by atoms with Gasteiger partial charge in [0.2, 0.25) is 11.8 Å². The average molecular weight is 689 g/mol. The molecule has 264 valence electrons. The van der Waals surface area contributed by atoms with E-state index in [9.17, 15) is 9.59 Å². The third-order valence-corrected chi connectivity index (χ3v) is 8.99. The molecule has 3 aromatic rings. The Kier molecular flexibility index (Phi) is 16.3. The first kappa shape index (κ1) is 39.3. The highest BCUT2D eigenvalue weighted by atomic mass is 35.5.